The van der Waals surface area contributed by atoms with Gasteiger partial charge in [0.15, 0.2) is 0 Å². The first-order valence-corrected chi connectivity index (χ1v) is 9.93. The lowest BCUT2D eigenvalue weighted by Gasteiger charge is -2.33. The van der Waals surface area contributed by atoms with E-state index in [2.05, 4.69) is 22.3 Å². The third-order valence-corrected chi connectivity index (χ3v) is 6.90. The second-order valence-corrected chi connectivity index (χ2v) is 8.43. The molecule has 0 unspecified atom stereocenters. The van der Waals surface area contributed by atoms with Gasteiger partial charge in [-0.3, -0.25) is 14.5 Å². The third kappa shape index (κ3) is 2.92. The van der Waals surface area contributed by atoms with Crippen molar-refractivity contribution < 1.29 is 9.59 Å². The van der Waals surface area contributed by atoms with Gasteiger partial charge in [-0.25, -0.2) is 0 Å². The van der Waals surface area contributed by atoms with Gasteiger partial charge in [-0.05, 0) is 43.1 Å². The molecule has 1 spiro atoms. The number of nitrogens with one attached hydrogen (secondary N) is 1. The lowest BCUT2D eigenvalue weighted by Crippen LogP contribution is -2.49. The van der Waals surface area contributed by atoms with Gasteiger partial charge in [0, 0.05) is 19.1 Å². The van der Waals surface area contributed by atoms with Gasteiger partial charge in [-0.1, -0.05) is 43.2 Å². The zero-order chi connectivity index (χ0) is 18.2. The molecule has 2 amide bonds. The minimum atomic E-state index is -0.324. The molecule has 5 heteroatoms. The second kappa shape index (κ2) is 6.69. The molecule has 3 fully saturated rings. The summed E-state index contributed by atoms with van der Waals surface area (Å²) in [7, 11) is 0. The second-order valence-electron chi connectivity index (χ2n) is 8.43. The van der Waals surface area contributed by atoms with Crippen LogP contribution in [0.4, 0.5) is 0 Å². The van der Waals surface area contributed by atoms with Crippen molar-refractivity contribution in [3.63, 3.8) is 0 Å². The molecule has 26 heavy (non-hydrogen) atoms. The van der Waals surface area contributed by atoms with Crippen molar-refractivity contribution in [2.24, 2.45) is 11.1 Å². The summed E-state index contributed by atoms with van der Waals surface area (Å²) in [4.78, 5) is 26.6. The fourth-order valence-electron chi connectivity index (χ4n) is 5.47. The van der Waals surface area contributed by atoms with Gasteiger partial charge in [0.05, 0.1) is 12.0 Å². The first kappa shape index (κ1) is 17.5. The number of hydrogen-bond acceptors (Lipinski definition) is 3. The Morgan fingerprint density at radius 1 is 1.12 bits per heavy atom. The van der Waals surface area contributed by atoms with Crippen LogP contribution in [0.25, 0.3) is 0 Å². The maximum atomic E-state index is 13.4. The summed E-state index contributed by atoms with van der Waals surface area (Å²) in [6.45, 7) is 1.95. The molecule has 2 aliphatic carbocycles. The highest BCUT2D eigenvalue weighted by Crippen LogP contribution is 2.72. The molecule has 1 saturated heterocycles. The molecule has 0 bridgehead atoms. The molecule has 5 nitrogen and oxygen atoms in total. The van der Waals surface area contributed by atoms with E-state index in [-0.39, 0.29) is 28.7 Å². The van der Waals surface area contributed by atoms with E-state index in [1.54, 1.807) is 0 Å². The molecule has 0 aromatic heterocycles. The summed E-state index contributed by atoms with van der Waals surface area (Å²) in [5, 5.41) is 3.36. The number of piperidine rings is 1. The van der Waals surface area contributed by atoms with Gasteiger partial charge in [-0.2, -0.15) is 0 Å². The molecule has 1 aromatic carbocycles. The predicted octanol–water partition coefficient (Wildman–Crippen LogP) is 1.95. The van der Waals surface area contributed by atoms with Gasteiger partial charge >= 0.3 is 0 Å². The Hall–Kier alpha value is -1.88. The largest absolute Gasteiger partial charge is 0.369 e. The van der Waals surface area contributed by atoms with Gasteiger partial charge < -0.3 is 11.1 Å². The van der Waals surface area contributed by atoms with Gasteiger partial charge in [-0.15, -0.1) is 0 Å². The number of nitrogens with zero attached hydrogens (tertiary/aromatic N) is 1. The van der Waals surface area contributed by atoms with Crippen molar-refractivity contribution in [1.29, 1.82) is 0 Å². The first-order valence-electron chi connectivity index (χ1n) is 9.93. The lowest BCUT2D eigenvalue weighted by atomic mass is 9.83. The van der Waals surface area contributed by atoms with E-state index in [1.165, 1.54) is 31.2 Å². The monoisotopic (exact) mass is 355 g/mol. The Balaban J connectivity index is 1.45. The SMILES string of the molecule is NC(=O)CN1CCC(NC(=O)[C@@]2(c3ccccc3)CC23CCCC3)CC1. The number of primary amides is 1. The normalized spacial score (nSPS) is 28.2. The van der Waals surface area contributed by atoms with Gasteiger partial charge in [0.2, 0.25) is 11.8 Å². The number of carbonyl (C=O) groups is 2. The summed E-state index contributed by atoms with van der Waals surface area (Å²) in [5.41, 5.74) is 6.33. The highest BCUT2D eigenvalue weighted by Gasteiger charge is 2.72. The van der Waals surface area contributed by atoms with Gasteiger partial charge in [0.1, 0.15) is 0 Å². The molecule has 3 N–H and O–H groups in total. The van der Waals surface area contributed by atoms with Crippen molar-refractivity contribution in [3.8, 4) is 0 Å². The highest BCUT2D eigenvalue weighted by molar-refractivity contribution is 5.93. The molecular formula is C21H29N3O2. The third-order valence-electron chi connectivity index (χ3n) is 6.90. The number of nitrogens with two attached hydrogens (primary N) is 1. The summed E-state index contributed by atoms with van der Waals surface area (Å²) < 4.78 is 0. The Bertz CT molecular complexity index is 676. The molecule has 2 saturated carbocycles. The van der Waals surface area contributed by atoms with Crippen LogP contribution in [0.2, 0.25) is 0 Å². The fraction of sp³-hybridized carbons (Fsp3) is 0.619. The minimum absolute atomic E-state index is 0.186. The summed E-state index contributed by atoms with van der Waals surface area (Å²) in [5.74, 6) is -0.0596. The van der Waals surface area contributed by atoms with E-state index >= 15 is 0 Å². The van der Waals surface area contributed by atoms with Gasteiger partial charge in [0.25, 0.3) is 0 Å². The Kier molecular flexibility index (Phi) is 4.51. The van der Waals surface area contributed by atoms with Crippen LogP contribution >= 0.6 is 0 Å². The molecule has 1 atom stereocenters. The zero-order valence-corrected chi connectivity index (χ0v) is 15.4. The molecular weight excluding hydrogens is 326 g/mol. The van der Waals surface area contributed by atoms with E-state index in [0.717, 1.165) is 32.4 Å². The smallest absolute Gasteiger partial charge is 0.231 e. The fourth-order valence-corrected chi connectivity index (χ4v) is 5.47. The average Bonchev–Trinajstić information content (AvgIpc) is 3.05. The van der Waals surface area contributed by atoms with Crippen LogP contribution in [0.5, 0.6) is 0 Å². The molecule has 4 rings (SSSR count). The number of benzene rings is 1. The molecule has 140 valence electrons. The summed E-state index contributed by atoms with van der Waals surface area (Å²) in [6.07, 6.45) is 7.60. The van der Waals surface area contributed by atoms with Crippen LogP contribution < -0.4 is 11.1 Å². The van der Waals surface area contributed by atoms with E-state index in [1.807, 2.05) is 18.2 Å². The van der Waals surface area contributed by atoms with E-state index in [4.69, 9.17) is 5.73 Å². The number of likely N-dealkylation sites (tertiary alicyclic amines) is 1. The summed E-state index contributed by atoms with van der Waals surface area (Å²) >= 11 is 0. The van der Waals surface area contributed by atoms with Crippen molar-refractivity contribution >= 4 is 11.8 Å². The first-order chi connectivity index (χ1) is 12.6. The maximum absolute atomic E-state index is 13.4. The highest BCUT2D eigenvalue weighted by atomic mass is 16.2. The summed E-state index contributed by atoms with van der Waals surface area (Å²) in [6, 6.07) is 10.6. The van der Waals surface area contributed by atoms with Crippen molar-refractivity contribution in [2.75, 3.05) is 19.6 Å². The molecule has 1 aliphatic heterocycles. The Labute approximate surface area is 155 Å². The average molecular weight is 355 g/mol. The Morgan fingerprint density at radius 3 is 2.38 bits per heavy atom. The number of hydrogen-bond donors (Lipinski definition) is 2. The minimum Gasteiger partial charge on any atom is -0.369 e. The van der Waals surface area contributed by atoms with Crippen molar-refractivity contribution in [1.82, 2.24) is 10.2 Å². The molecule has 0 radical (unpaired) electrons. The van der Waals surface area contributed by atoms with E-state index in [9.17, 15) is 9.59 Å². The van der Waals surface area contributed by atoms with E-state index in [0.29, 0.717) is 6.54 Å². The molecule has 3 aliphatic rings. The molecule has 1 heterocycles. The number of carbonyl (C=O) groups excluding carboxylic acids is 2. The lowest BCUT2D eigenvalue weighted by molar-refractivity contribution is -0.126. The quantitative estimate of drug-likeness (QED) is 0.848. The molecule has 1 aromatic rings. The van der Waals surface area contributed by atoms with E-state index < -0.39 is 0 Å². The maximum Gasteiger partial charge on any atom is 0.231 e. The zero-order valence-electron chi connectivity index (χ0n) is 15.4. The van der Waals surface area contributed by atoms with Crippen molar-refractivity contribution in [3.05, 3.63) is 35.9 Å². The van der Waals surface area contributed by atoms with Crippen LogP contribution in [0, 0.1) is 5.41 Å². The van der Waals surface area contributed by atoms with Crippen LogP contribution in [0.15, 0.2) is 30.3 Å². The van der Waals surface area contributed by atoms with Crippen molar-refractivity contribution in [2.45, 2.75) is 56.4 Å². The topological polar surface area (TPSA) is 75.4 Å². The van der Waals surface area contributed by atoms with Crippen LogP contribution in [0.3, 0.4) is 0 Å². The Morgan fingerprint density at radius 2 is 1.77 bits per heavy atom. The van der Waals surface area contributed by atoms with Crippen LogP contribution in [-0.2, 0) is 15.0 Å². The number of amides is 2. The van der Waals surface area contributed by atoms with Crippen LogP contribution in [0.1, 0.15) is 50.5 Å². The standard InChI is InChI=1S/C21H29N3O2/c22-18(25)14-24-12-8-17(9-13-24)23-19(26)21(16-6-2-1-3-7-16)15-20(21)10-4-5-11-20/h1-3,6-7,17H,4-5,8-15H2,(H2,22,25)(H,23,26)/t21-/m0/s1. The number of rotatable bonds is 5. The van der Waals surface area contributed by atoms with Crippen LogP contribution in [-0.4, -0.2) is 42.4 Å². The predicted molar refractivity (Wildman–Crippen MR) is 100 cm³/mol.